The number of nitro benzene ring substituents is 1. The highest BCUT2D eigenvalue weighted by atomic mass is 16.7. The van der Waals surface area contributed by atoms with Crippen molar-refractivity contribution in [3.63, 3.8) is 0 Å². The summed E-state index contributed by atoms with van der Waals surface area (Å²) in [5.74, 6) is -2.87. The third-order valence-corrected chi connectivity index (χ3v) is 3.81. The number of hydrogen-bond donors (Lipinski definition) is 1. The summed E-state index contributed by atoms with van der Waals surface area (Å²) in [4.78, 5) is 34.3. The fourth-order valence-corrected chi connectivity index (χ4v) is 2.55. The lowest BCUT2D eigenvalue weighted by Gasteiger charge is -2.29. The minimum atomic E-state index is -1.30. The second-order valence-electron chi connectivity index (χ2n) is 6.23. The number of para-hydroxylation sites is 1. The molecule has 0 atom stereocenters. The van der Waals surface area contributed by atoms with Crippen molar-refractivity contribution >= 4 is 23.3 Å². The van der Waals surface area contributed by atoms with Crippen molar-refractivity contribution < 1.29 is 24.0 Å². The number of nitro groups is 1. The standard InChI is InChI=1S/C19H16N2O6/c1-19(2)26-17(22)15(18(23)27-19)11-20-16-6-4-3-5-14(16)12-7-9-13(10-8-12)21(24)25/h3-11,20H,1-2H3. The van der Waals surface area contributed by atoms with Gasteiger partial charge in [0.2, 0.25) is 0 Å². The van der Waals surface area contributed by atoms with E-state index in [2.05, 4.69) is 5.32 Å². The second kappa shape index (κ2) is 6.91. The molecule has 3 rings (SSSR count). The van der Waals surface area contributed by atoms with Gasteiger partial charge in [-0.25, -0.2) is 9.59 Å². The molecule has 1 aliphatic rings. The fraction of sp³-hybridized carbons (Fsp3) is 0.158. The molecule has 0 spiro atoms. The van der Waals surface area contributed by atoms with E-state index in [4.69, 9.17) is 9.47 Å². The van der Waals surface area contributed by atoms with Crippen molar-refractivity contribution in [1.29, 1.82) is 0 Å². The van der Waals surface area contributed by atoms with E-state index in [0.717, 1.165) is 11.1 Å². The molecule has 1 N–H and O–H groups in total. The van der Waals surface area contributed by atoms with Crippen LogP contribution in [0.4, 0.5) is 11.4 Å². The number of cyclic esters (lactones) is 2. The Morgan fingerprint density at radius 3 is 2.19 bits per heavy atom. The highest BCUT2D eigenvalue weighted by molar-refractivity contribution is 6.15. The average molecular weight is 368 g/mol. The highest BCUT2D eigenvalue weighted by Gasteiger charge is 2.38. The summed E-state index contributed by atoms with van der Waals surface area (Å²) >= 11 is 0. The zero-order valence-corrected chi connectivity index (χ0v) is 14.6. The SMILES string of the molecule is CC1(C)OC(=O)C(=CNc2ccccc2-c2ccc([N+](=O)[O-])cc2)C(=O)O1. The van der Waals surface area contributed by atoms with Gasteiger partial charge in [0.25, 0.3) is 11.5 Å². The van der Waals surface area contributed by atoms with Crippen LogP contribution in [0.2, 0.25) is 0 Å². The van der Waals surface area contributed by atoms with E-state index in [1.54, 1.807) is 30.3 Å². The van der Waals surface area contributed by atoms with Gasteiger partial charge in [0.1, 0.15) is 0 Å². The van der Waals surface area contributed by atoms with Crippen molar-refractivity contribution in [2.24, 2.45) is 0 Å². The molecule has 1 aliphatic heterocycles. The summed E-state index contributed by atoms with van der Waals surface area (Å²) in [5, 5.41) is 13.7. The third-order valence-electron chi connectivity index (χ3n) is 3.81. The van der Waals surface area contributed by atoms with Gasteiger partial charge in [-0.1, -0.05) is 18.2 Å². The highest BCUT2D eigenvalue weighted by Crippen LogP contribution is 2.30. The van der Waals surface area contributed by atoms with Gasteiger partial charge in [-0.3, -0.25) is 10.1 Å². The Kier molecular flexibility index (Phi) is 4.64. The van der Waals surface area contributed by atoms with Gasteiger partial charge in [-0.05, 0) is 23.8 Å². The van der Waals surface area contributed by atoms with Gasteiger partial charge >= 0.3 is 11.9 Å². The van der Waals surface area contributed by atoms with Crippen LogP contribution >= 0.6 is 0 Å². The summed E-state index contributed by atoms with van der Waals surface area (Å²) in [7, 11) is 0. The van der Waals surface area contributed by atoms with Gasteiger partial charge in [0.05, 0.1) is 4.92 Å². The summed E-state index contributed by atoms with van der Waals surface area (Å²) < 4.78 is 10.1. The van der Waals surface area contributed by atoms with Crippen molar-refractivity contribution in [2.45, 2.75) is 19.6 Å². The number of benzene rings is 2. The van der Waals surface area contributed by atoms with Crippen molar-refractivity contribution in [2.75, 3.05) is 5.32 Å². The number of esters is 2. The van der Waals surface area contributed by atoms with Crippen molar-refractivity contribution in [1.82, 2.24) is 0 Å². The van der Waals surface area contributed by atoms with E-state index in [1.807, 2.05) is 6.07 Å². The lowest BCUT2D eigenvalue weighted by Crippen LogP contribution is -2.42. The lowest BCUT2D eigenvalue weighted by atomic mass is 10.0. The first kappa shape index (κ1) is 18.1. The predicted octanol–water partition coefficient (Wildman–Crippen LogP) is 3.39. The van der Waals surface area contributed by atoms with Crippen LogP contribution in [0.3, 0.4) is 0 Å². The van der Waals surface area contributed by atoms with E-state index in [0.29, 0.717) is 5.69 Å². The number of ether oxygens (including phenoxy) is 2. The number of non-ortho nitro benzene ring substituents is 1. The maximum absolute atomic E-state index is 12.0. The topological polar surface area (TPSA) is 108 Å². The predicted molar refractivity (Wildman–Crippen MR) is 96.5 cm³/mol. The molecule has 0 unspecified atom stereocenters. The first-order valence-electron chi connectivity index (χ1n) is 8.04. The molecular weight excluding hydrogens is 352 g/mol. The van der Waals surface area contributed by atoms with E-state index in [1.165, 1.54) is 32.2 Å². The summed E-state index contributed by atoms with van der Waals surface area (Å²) in [6.45, 7) is 2.94. The first-order valence-corrected chi connectivity index (χ1v) is 8.04. The summed E-state index contributed by atoms with van der Waals surface area (Å²) in [6.07, 6.45) is 1.23. The molecule has 1 fully saturated rings. The molecule has 27 heavy (non-hydrogen) atoms. The van der Waals surface area contributed by atoms with Crippen LogP contribution in [0.5, 0.6) is 0 Å². The molecule has 1 heterocycles. The Morgan fingerprint density at radius 2 is 1.59 bits per heavy atom. The monoisotopic (exact) mass is 368 g/mol. The van der Waals surface area contributed by atoms with Crippen LogP contribution in [0.25, 0.3) is 11.1 Å². The van der Waals surface area contributed by atoms with Crippen LogP contribution in [-0.2, 0) is 19.1 Å². The van der Waals surface area contributed by atoms with Crippen molar-refractivity contribution in [3.8, 4) is 11.1 Å². The van der Waals surface area contributed by atoms with Crippen LogP contribution in [-0.4, -0.2) is 22.6 Å². The van der Waals surface area contributed by atoms with Gasteiger partial charge < -0.3 is 14.8 Å². The molecule has 2 aromatic carbocycles. The molecule has 0 radical (unpaired) electrons. The average Bonchev–Trinajstić information content (AvgIpc) is 2.60. The van der Waals surface area contributed by atoms with Crippen LogP contribution in [0.15, 0.2) is 60.3 Å². The Bertz CT molecular complexity index is 925. The number of nitrogens with zero attached hydrogens (tertiary/aromatic N) is 1. The number of hydrogen-bond acceptors (Lipinski definition) is 7. The lowest BCUT2D eigenvalue weighted by molar-refractivity contribution is -0.384. The second-order valence-corrected chi connectivity index (χ2v) is 6.23. The summed E-state index contributed by atoms with van der Waals surface area (Å²) in [6, 6.07) is 13.2. The van der Waals surface area contributed by atoms with E-state index in [9.17, 15) is 19.7 Å². The molecule has 8 nitrogen and oxygen atoms in total. The molecule has 2 aromatic rings. The van der Waals surface area contributed by atoms with E-state index < -0.39 is 22.6 Å². The first-order chi connectivity index (χ1) is 12.8. The Hall–Kier alpha value is -3.68. The number of carbonyl (C=O) groups excluding carboxylic acids is 2. The minimum absolute atomic E-state index is 0.0124. The number of nitrogens with one attached hydrogen (secondary N) is 1. The van der Waals surface area contributed by atoms with Gasteiger partial charge in [0.15, 0.2) is 5.57 Å². The fourth-order valence-electron chi connectivity index (χ4n) is 2.55. The number of anilines is 1. The van der Waals surface area contributed by atoms with Crippen LogP contribution < -0.4 is 5.32 Å². The Labute approximate surface area is 154 Å². The third kappa shape index (κ3) is 3.95. The van der Waals surface area contributed by atoms with Crippen molar-refractivity contribution in [3.05, 3.63) is 70.4 Å². The van der Waals surface area contributed by atoms with Crippen LogP contribution in [0.1, 0.15) is 13.8 Å². The molecule has 0 bridgehead atoms. The minimum Gasteiger partial charge on any atom is -0.419 e. The molecule has 0 amide bonds. The summed E-state index contributed by atoms with van der Waals surface area (Å²) in [5.41, 5.74) is 1.80. The zero-order chi connectivity index (χ0) is 19.6. The quantitative estimate of drug-likeness (QED) is 0.290. The molecule has 1 saturated heterocycles. The molecule has 8 heteroatoms. The maximum atomic E-state index is 12.0. The molecule has 0 saturated carbocycles. The Balaban J connectivity index is 1.88. The molecule has 0 aliphatic carbocycles. The Morgan fingerprint density at radius 1 is 1.00 bits per heavy atom. The largest absolute Gasteiger partial charge is 0.419 e. The number of rotatable bonds is 4. The van der Waals surface area contributed by atoms with Gasteiger partial charge in [0, 0.05) is 43.4 Å². The molecule has 138 valence electrons. The van der Waals surface area contributed by atoms with E-state index in [-0.39, 0.29) is 11.3 Å². The normalized spacial score (nSPS) is 15.6. The number of carbonyl (C=O) groups is 2. The van der Waals surface area contributed by atoms with E-state index >= 15 is 0 Å². The zero-order valence-electron chi connectivity index (χ0n) is 14.6. The maximum Gasteiger partial charge on any atom is 0.350 e. The van der Waals surface area contributed by atoms with Gasteiger partial charge in [-0.2, -0.15) is 0 Å². The smallest absolute Gasteiger partial charge is 0.350 e. The molecular formula is C19H16N2O6. The van der Waals surface area contributed by atoms with Crippen LogP contribution in [0, 0.1) is 10.1 Å². The molecule has 0 aromatic heterocycles. The van der Waals surface area contributed by atoms with Gasteiger partial charge in [-0.15, -0.1) is 0 Å².